The Kier molecular flexibility index (Phi) is 14.9. The molecule has 0 amide bonds. The number of halogens is 5. The van der Waals surface area contributed by atoms with Crippen LogP contribution in [0.3, 0.4) is 0 Å². The molecular weight excluding hydrogens is 946 g/mol. The Morgan fingerprint density at radius 2 is 1.56 bits per heavy atom. The first-order valence-corrected chi connectivity index (χ1v) is 24.7. The van der Waals surface area contributed by atoms with Gasteiger partial charge in [-0.15, -0.1) is 0 Å². The standard InChI is InChI=1S/C27H32F2N8.C23H18ClF2N3O3S/c1-5-35-8-10-36(11-9-35)16-19-6-7-24(30-14-19)33-27-31-15-22(29)25(34-27)20-12-21(28)26-23(13-20)37(17(2)3)18(4)32-26;1-2-9-33(31,32)29-19-8-7-18(25)20(21(19)26)22(30)17-12-28-23-16(17)10-14(11-27-23)13-3-5-15(24)6-4-13/h6-7,12-15,17H,5,8-11,16H2,1-4H3,(H,30,31,33,34);3-8,10-12,29H,2,9H2,1H3,(H,27,28). The van der Waals surface area contributed by atoms with Gasteiger partial charge in [-0.25, -0.2) is 50.9 Å². The quantitative estimate of drug-likeness (QED) is 0.0701. The summed E-state index contributed by atoms with van der Waals surface area (Å²) in [5, 5.41) is 3.96. The van der Waals surface area contributed by atoms with Crippen LogP contribution >= 0.6 is 11.6 Å². The molecule has 6 heterocycles. The molecule has 9 rings (SSSR count). The zero-order valence-corrected chi connectivity index (χ0v) is 40.6. The van der Waals surface area contributed by atoms with Crippen LogP contribution in [0.5, 0.6) is 0 Å². The Hall–Kier alpha value is -6.80. The molecule has 8 aromatic rings. The number of sulfonamides is 1. The molecule has 70 heavy (non-hydrogen) atoms. The first-order valence-electron chi connectivity index (χ1n) is 22.7. The fourth-order valence-corrected chi connectivity index (χ4v) is 9.63. The predicted molar refractivity (Wildman–Crippen MR) is 265 cm³/mol. The van der Waals surface area contributed by atoms with Gasteiger partial charge in [0.05, 0.1) is 28.7 Å². The van der Waals surface area contributed by atoms with E-state index in [1.807, 2.05) is 43.7 Å². The highest BCUT2D eigenvalue weighted by Crippen LogP contribution is 2.32. The molecule has 364 valence electrons. The topological polar surface area (TPSA) is 167 Å². The number of hydrogen-bond acceptors (Lipinski definition) is 11. The van der Waals surface area contributed by atoms with Gasteiger partial charge in [0, 0.05) is 84.5 Å². The Labute approximate surface area is 407 Å². The Bertz CT molecular complexity index is 3310. The van der Waals surface area contributed by atoms with Crippen LogP contribution in [0.2, 0.25) is 5.02 Å². The molecule has 0 radical (unpaired) electrons. The van der Waals surface area contributed by atoms with Gasteiger partial charge in [-0.05, 0) is 93.4 Å². The molecule has 14 nitrogen and oxygen atoms in total. The molecular formula is C50H50ClF4N11O3S. The zero-order chi connectivity index (χ0) is 49.9. The highest BCUT2D eigenvalue weighted by molar-refractivity contribution is 7.92. The summed E-state index contributed by atoms with van der Waals surface area (Å²) in [5.41, 5.74) is 2.79. The van der Waals surface area contributed by atoms with Gasteiger partial charge in [-0.2, -0.15) is 0 Å². The van der Waals surface area contributed by atoms with Crippen molar-refractivity contribution in [3.63, 3.8) is 0 Å². The van der Waals surface area contributed by atoms with E-state index in [4.69, 9.17) is 11.6 Å². The summed E-state index contributed by atoms with van der Waals surface area (Å²) in [4.78, 5) is 42.4. The Morgan fingerprint density at radius 3 is 2.24 bits per heavy atom. The minimum atomic E-state index is -3.84. The van der Waals surface area contributed by atoms with E-state index in [0.717, 1.165) is 68.7 Å². The summed E-state index contributed by atoms with van der Waals surface area (Å²) < 4.78 is 87.5. The van der Waals surface area contributed by atoms with Gasteiger partial charge in [-0.3, -0.25) is 14.4 Å². The fourth-order valence-electron chi connectivity index (χ4n) is 8.37. The minimum absolute atomic E-state index is 0.000297. The largest absolute Gasteiger partial charge is 0.345 e. The van der Waals surface area contributed by atoms with Crippen molar-refractivity contribution in [2.45, 2.75) is 53.6 Å². The van der Waals surface area contributed by atoms with Gasteiger partial charge in [0.2, 0.25) is 21.8 Å². The lowest BCUT2D eigenvalue weighted by molar-refractivity contribution is 0.103. The maximum atomic E-state index is 15.1. The van der Waals surface area contributed by atoms with Crippen molar-refractivity contribution in [3.05, 3.63) is 142 Å². The van der Waals surface area contributed by atoms with Crippen LogP contribution in [0.4, 0.5) is 35.0 Å². The first-order chi connectivity index (χ1) is 33.5. The summed E-state index contributed by atoms with van der Waals surface area (Å²) in [6.07, 6.45) is 6.14. The SMILES string of the molecule is CCCS(=O)(=O)Nc1ccc(F)c(C(=O)c2c[nH]c3ncc(-c4ccc(Cl)cc4)cc23)c1F.CCN1CCN(Cc2ccc(Nc3ncc(F)c(-c4cc(F)c5nc(C)n(C(C)C)c5c4)n3)nc2)CC1. The third-order valence-corrected chi connectivity index (χ3v) is 13.6. The molecule has 5 aromatic heterocycles. The number of H-pyrrole nitrogens is 1. The Morgan fingerprint density at radius 1 is 0.814 bits per heavy atom. The molecule has 0 aliphatic carbocycles. The maximum absolute atomic E-state index is 15.1. The smallest absolute Gasteiger partial charge is 0.232 e. The summed E-state index contributed by atoms with van der Waals surface area (Å²) in [6.45, 7) is 15.9. The van der Waals surface area contributed by atoms with Gasteiger partial charge >= 0.3 is 0 Å². The number of fused-ring (bicyclic) bond motifs is 2. The molecule has 1 saturated heterocycles. The lowest BCUT2D eigenvalue weighted by Crippen LogP contribution is -2.45. The lowest BCUT2D eigenvalue weighted by Gasteiger charge is -2.33. The van der Waals surface area contributed by atoms with E-state index in [-0.39, 0.29) is 34.5 Å². The minimum Gasteiger partial charge on any atom is -0.345 e. The van der Waals surface area contributed by atoms with Gasteiger partial charge in [0.15, 0.2) is 17.5 Å². The Balaban J connectivity index is 0.000000190. The number of rotatable bonds is 14. The third kappa shape index (κ3) is 11.0. The van der Waals surface area contributed by atoms with E-state index in [2.05, 4.69) is 56.7 Å². The number of nitrogens with one attached hydrogen (secondary N) is 3. The number of aromatic amines is 1. The van der Waals surface area contributed by atoms with Crippen LogP contribution in [-0.2, 0) is 16.6 Å². The van der Waals surface area contributed by atoms with Crippen molar-refractivity contribution in [3.8, 4) is 22.4 Å². The number of piperazine rings is 1. The number of likely N-dealkylation sites (N-methyl/N-ethyl adjacent to an activating group) is 1. The van der Waals surface area contributed by atoms with Crippen molar-refractivity contribution in [2.24, 2.45) is 0 Å². The van der Waals surface area contributed by atoms with Gasteiger partial charge < -0.3 is 19.8 Å². The molecule has 1 fully saturated rings. The number of ketones is 1. The first kappa shape index (κ1) is 49.6. The maximum Gasteiger partial charge on any atom is 0.232 e. The number of nitrogens with zero attached hydrogens (tertiary/aromatic N) is 8. The van der Waals surface area contributed by atoms with Crippen LogP contribution in [0.15, 0.2) is 91.5 Å². The van der Waals surface area contributed by atoms with Crippen molar-refractivity contribution < 1.29 is 30.8 Å². The lowest BCUT2D eigenvalue weighted by atomic mass is 10.00. The number of imidazole rings is 1. The van der Waals surface area contributed by atoms with E-state index in [0.29, 0.717) is 50.8 Å². The molecule has 1 aliphatic rings. The van der Waals surface area contributed by atoms with Gasteiger partial charge in [0.1, 0.15) is 34.3 Å². The number of carbonyl (C=O) groups is 1. The number of hydrogen-bond donors (Lipinski definition) is 3. The van der Waals surface area contributed by atoms with E-state index >= 15 is 4.39 Å². The molecule has 0 saturated carbocycles. The van der Waals surface area contributed by atoms with Crippen LogP contribution in [0, 0.1) is 30.2 Å². The van der Waals surface area contributed by atoms with E-state index in [1.165, 1.54) is 12.3 Å². The molecule has 20 heteroatoms. The number of anilines is 3. The van der Waals surface area contributed by atoms with Crippen molar-refractivity contribution in [1.29, 1.82) is 0 Å². The summed E-state index contributed by atoms with van der Waals surface area (Å²) >= 11 is 5.93. The molecule has 0 atom stereocenters. The van der Waals surface area contributed by atoms with Crippen LogP contribution in [0.1, 0.15) is 67.5 Å². The number of benzene rings is 3. The molecule has 0 unspecified atom stereocenters. The second-order valence-corrected chi connectivity index (χ2v) is 19.4. The summed E-state index contributed by atoms with van der Waals surface area (Å²) in [6, 6.07) is 17.4. The van der Waals surface area contributed by atoms with E-state index in [1.54, 1.807) is 49.5 Å². The number of pyridine rings is 2. The third-order valence-electron chi connectivity index (χ3n) is 11.9. The molecule has 0 spiro atoms. The van der Waals surface area contributed by atoms with E-state index < -0.39 is 50.3 Å². The van der Waals surface area contributed by atoms with Crippen molar-refractivity contribution in [1.82, 2.24) is 44.3 Å². The van der Waals surface area contributed by atoms with E-state index in [9.17, 15) is 26.4 Å². The molecule has 1 aliphatic heterocycles. The van der Waals surface area contributed by atoms with Crippen molar-refractivity contribution >= 4 is 66.9 Å². The van der Waals surface area contributed by atoms with Crippen molar-refractivity contribution in [2.75, 3.05) is 48.5 Å². The average Bonchev–Trinajstić information content (AvgIpc) is 3.92. The van der Waals surface area contributed by atoms with Gasteiger partial charge in [-0.1, -0.05) is 43.6 Å². The average molecular weight is 997 g/mol. The predicted octanol–water partition coefficient (Wildman–Crippen LogP) is 10.5. The zero-order valence-electron chi connectivity index (χ0n) is 39.0. The second-order valence-electron chi connectivity index (χ2n) is 17.1. The van der Waals surface area contributed by atoms with Crippen LogP contribution in [0.25, 0.3) is 44.5 Å². The summed E-state index contributed by atoms with van der Waals surface area (Å²) in [7, 11) is -3.84. The van der Waals surface area contributed by atoms with Crippen LogP contribution < -0.4 is 10.0 Å². The van der Waals surface area contributed by atoms with Crippen LogP contribution in [-0.4, -0.2) is 96.9 Å². The monoisotopic (exact) mass is 995 g/mol. The molecule has 3 N–H and O–H groups in total. The highest BCUT2D eigenvalue weighted by Gasteiger charge is 2.26. The number of aromatic nitrogens is 7. The summed E-state index contributed by atoms with van der Waals surface area (Å²) in [5.74, 6) is -3.29. The normalized spacial score (nSPS) is 13.5. The number of carbonyl (C=O) groups excluding carboxylic acids is 1. The fraction of sp³-hybridized carbons (Fsp3) is 0.280. The van der Waals surface area contributed by atoms with Gasteiger partial charge in [0.25, 0.3) is 0 Å². The highest BCUT2D eigenvalue weighted by atomic mass is 35.5. The second kappa shape index (κ2) is 21.1. The number of aryl methyl sites for hydroxylation is 1. The molecule has 3 aromatic carbocycles. The molecule has 0 bridgehead atoms.